The van der Waals surface area contributed by atoms with E-state index in [1.54, 1.807) is 53.4 Å². The molecule has 0 spiro atoms. The van der Waals surface area contributed by atoms with Crippen molar-refractivity contribution in [3.63, 3.8) is 0 Å². The summed E-state index contributed by atoms with van der Waals surface area (Å²) in [5, 5.41) is 13.1. The third-order valence-corrected chi connectivity index (χ3v) is 7.58. The molecular formula is C35H27F3N2O3. The summed E-state index contributed by atoms with van der Waals surface area (Å²) in [6.07, 6.45) is -0.518. The van der Waals surface area contributed by atoms with Gasteiger partial charge in [0.05, 0.1) is 17.7 Å². The van der Waals surface area contributed by atoms with E-state index < -0.39 is 17.7 Å². The average Bonchev–Trinajstić information content (AvgIpc) is 3.32. The first-order chi connectivity index (χ1) is 20.8. The predicted octanol–water partition coefficient (Wildman–Crippen LogP) is 8.63. The molecule has 2 heterocycles. The highest BCUT2D eigenvalue weighted by Gasteiger charge is 2.34. The minimum atomic E-state index is -4.58. The highest BCUT2D eigenvalue weighted by atomic mass is 19.4. The molecule has 0 atom stereocenters. The van der Waals surface area contributed by atoms with Gasteiger partial charge in [-0.15, -0.1) is 0 Å². The second-order valence-electron chi connectivity index (χ2n) is 10.2. The van der Waals surface area contributed by atoms with Crippen LogP contribution in [0, 0.1) is 0 Å². The van der Waals surface area contributed by atoms with E-state index in [4.69, 9.17) is 4.74 Å². The molecule has 4 aromatic carbocycles. The first kappa shape index (κ1) is 28.0. The summed E-state index contributed by atoms with van der Waals surface area (Å²) in [6, 6.07) is 27.7. The molecule has 5 nitrogen and oxygen atoms in total. The molecule has 1 N–H and O–H groups in total. The second-order valence-corrected chi connectivity index (χ2v) is 10.2. The molecular weight excluding hydrogens is 553 g/mol. The van der Waals surface area contributed by atoms with E-state index in [1.165, 1.54) is 12.1 Å². The normalized spacial score (nSPS) is 11.7. The lowest BCUT2D eigenvalue weighted by Gasteiger charge is -2.16. The zero-order valence-corrected chi connectivity index (χ0v) is 23.0. The van der Waals surface area contributed by atoms with E-state index in [9.17, 15) is 23.1 Å². The van der Waals surface area contributed by atoms with Gasteiger partial charge in [-0.25, -0.2) is 4.79 Å². The van der Waals surface area contributed by atoms with E-state index in [2.05, 4.69) is 4.98 Å². The van der Waals surface area contributed by atoms with E-state index in [1.807, 2.05) is 42.5 Å². The Balaban J connectivity index is 1.44. The largest absolute Gasteiger partial charge is 0.493 e. The Bertz CT molecular complexity index is 1930. The quantitative estimate of drug-likeness (QED) is 0.174. The van der Waals surface area contributed by atoms with Crippen molar-refractivity contribution in [2.24, 2.45) is 0 Å². The fourth-order valence-electron chi connectivity index (χ4n) is 5.74. The molecule has 0 aliphatic heterocycles. The maximum absolute atomic E-state index is 14.1. The summed E-state index contributed by atoms with van der Waals surface area (Å²) in [7, 11) is 0. The van der Waals surface area contributed by atoms with Gasteiger partial charge >= 0.3 is 12.1 Å². The number of fused-ring (bicyclic) bond motifs is 2. The van der Waals surface area contributed by atoms with Crippen molar-refractivity contribution >= 4 is 27.6 Å². The van der Waals surface area contributed by atoms with Crippen LogP contribution in [0.25, 0.3) is 32.8 Å². The van der Waals surface area contributed by atoms with Crippen LogP contribution < -0.4 is 4.74 Å². The fraction of sp³-hybridized carbons (Fsp3) is 0.143. The number of hydrogen-bond acceptors (Lipinski definition) is 3. The number of aromatic nitrogens is 2. The van der Waals surface area contributed by atoms with Crippen molar-refractivity contribution in [3.05, 3.63) is 132 Å². The number of aryl methyl sites for hydroxylation is 1. The van der Waals surface area contributed by atoms with Crippen LogP contribution in [0.15, 0.2) is 109 Å². The maximum atomic E-state index is 14.1. The van der Waals surface area contributed by atoms with Crippen LogP contribution >= 0.6 is 0 Å². The third-order valence-electron chi connectivity index (χ3n) is 7.58. The van der Waals surface area contributed by atoms with Gasteiger partial charge in [-0.1, -0.05) is 72.8 Å². The Kier molecular flexibility index (Phi) is 7.59. The number of alkyl halides is 3. The molecule has 0 radical (unpaired) electrons. The molecule has 0 fully saturated rings. The highest BCUT2D eigenvalue weighted by molar-refractivity contribution is 6.04. The van der Waals surface area contributed by atoms with Crippen molar-refractivity contribution in [1.29, 1.82) is 0 Å². The Morgan fingerprint density at radius 3 is 2.28 bits per heavy atom. The van der Waals surface area contributed by atoms with Gasteiger partial charge in [-0.2, -0.15) is 13.2 Å². The Labute approximate surface area is 245 Å². The van der Waals surface area contributed by atoms with Gasteiger partial charge in [-0.3, -0.25) is 4.98 Å². The number of ether oxygens (including phenoxy) is 1. The Hall–Kier alpha value is -5.11. The zero-order valence-electron chi connectivity index (χ0n) is 23.0. The van der Waals surface area contributed by atoms with Crippen LogP contribution in [0.2, 0.25) is 0 Å². The monoisotopic (exact) mass is 580 g/mol. The molecule has 0 amide bonds. The molecule has 6 aromatic rings. The van der Waals surface area contributed by atoms with Gasteiger partial charge in [0, 0.05) is 35.3 Å². The van der Waals surface area contributed by atoms with Gasteiger partial charge in [0.1, 0.15) is 11.4 Å². The van der Waals surface area contributed by atoms with Gasteiger partial charge < -0.3 is 14.4 Å². The first-order valence-electron chi connectivity index (χ1n) is 13.9. The highest BCUT2D eigenvalue weighted by Crippen LogP contribution is 2.41. The smallest absolute Gasteiger partial charge is 0.417 e. The van der Waals surface area contributed by atoms with Gasteiger partial charge in [0.2, 0.25) is 0 Å². The number of benzene rings is 4. The van der Waals surface area contributed by atoms with Crippen molar-refractivity contribution in [1.82, 2.24) is 9.55 Å². The zero-order chi connectivity index (χ0) is 30.0. The van der Waals surface area contributed by atoms with Gasteiger partial charge in [-0.05, 0) is 59.2 Å². The minimum Gasteiger partial charge on any atom is -0.493 e. The summed E-state index contributed by atoms with van der Waals surface area (Å²) in [5.41, 5.74) is 1.37. The third kappa shape index (κ3) is 5.56. The van der Waals surface area contributed by atoms with Crippen molar-refractivity contribution in [3.8, 4) is 16.9 Å². The second kappa shape index (κ2) is 11.6. The molecule has 6 rings (SSSR count). The molecule has 0 saturated heterocycles. The van der Waals surface area contributed by atoms with Gasteiger partial charge in [0.25, 0.3) is 0 Å². The first-order valence-corrected chi connectivity index (χ1v) is 13.9. The number of carbonyl (C=O) groups is 1. The molecule has 216 valence electrons. The molecule has 43 heavy (non-hydrogen) atoms. The van der Waals surface area contributed by atoms with Crippen molar-refractivity contribution in [2.75, 3.05) is 6.61 Å². The van der Waals surface area contributed by atoms with Crippen LogP contribution in [0.4, 0.5) is 13.2 Å². The van der Waals surface area contributed by atoms with E-state index in [0.717, 1.165) is 28.2 Å². The fourth-order valence-corrected chi connectivity index (χ4v) is 5.74. The molecule has 0 bridgehead atoms. The minimum absolute atomic E-state index is 0.00291. The summed E-state index contributed by atoms with van der Waals surface area (Å²) in [6.45, 7) is 0.485. The van der Waals surface area contributed by atoms with E-state index >= 15 is 0 Å². The maximum Gasteiger partial charge on any atom is 0.417 e. The van der Waals surface area contributed by atoms with E-state index in [-0.39, 0.29) is 17.8 Å². The number of pyridine rings is 1. The topological polar surface area (TPSA) is 64.3 Å². The molecule has 0 aliphatic rings. The van der Waals surface area contributed by atoms with Crippen molar-refractivity contribution < 1.29 is 27.8 Å². The molecule has 0 saturated carbocycles. The summed E-state index contributed by atoms with van der Waals surface area (Å²) < 4.78 is 50.1. The lowest BCUT2D eigenvalue weighted by molar-refractivity contribution is -0.137. The summed E-state index contributed by atoms with van der Waals surface area (Å²) >= 11 is 0. The standard InChI is InChI=1S/C35H27F3N2O3/c36-35(37,38)30-15-4-3-11-26(30)27-12-6-13-28-29(14-7-21-43-31-16-5-9-24-8-1-2-10-25(24)31)33(34(41)42)40(32(27)28)22-23-17-19-39-20-18-23/h1-6,8-13,15-20H,7,14,21-22H2,(H,41,42). The summed E-state index contributed by atoms with van der Waals surface area (Å²) in [4.78, 5) is 16.9. The molecule has 8 heteroatoms. The summed E-state index contributed by atoms with van der Waals surface area (Å²) in [5.74, 6) is -0.409. The van der Waals surface area contributed by atoms with Crippen LogP contribution in [0.3, 0.4) is 0 Å². The number of carboxylic acids is 1. The molecule has 0 aliphatic carbocycles. The molecule has 2 aromatic heterocycles. The number of para-hydroxylation sites is 1. The van der Waals surface area contributed by atoms with Crippen LogP contribution in [0.1, 0.15) is 33.6 Å². The number of halogens is 3. The average molecular weight is 581 g/mol. The van der Waals surface area contributed by atoms with Gasteiger partial charge in [0.15, 0.2) is 0 Å². The van der Waals surface area contributed by atoms with Crippen molar-refractivity contribution in [2.45, 2.75) is 25.6 Å². The number of aromatic carboxylic acids is 1. The SMILES string of the molecule is O=C(O)c1c(CCCOc2cccc3ccccc23)c2cccc(-c3ccccc3C(F)(F)F)c2n1Cc1ccncc1. The Morgan fingerprint density at radius 1 is 0.814 bits per heavy atom. The van der Waals surface area contributed by atoms with E-state index in [0.29, 0.717) is 41.5 Å². The van der Waals surface area contributed by atoms with Crippen LogP contribution in [-0.2, 0) is 19.1 Å². The lowest BCUT2D eigenvalue weighted by Crippen LogP contribution is -2.13. The number of carboxylic acid groups (broad SMARTS) is 1. The number of rotatable bonds is 9. The van der Waals surface area contributed by atoms with Crippen LogP contribution in [-0.4, -0.2) is 27.2 Å². The lowest BCUT2D eigenvalue weighted by atomic mass is 9.96. The molecule has 0 unspecified atom stereocenters. The number of hydrogen-bond donors (Lipinski definition) is 1. The Morgan fingerprint density at radius 2 is 1.49 bits per heavy atom. The van der Waals surface area contributed by atoms with Crippen LogP contribution in [0.5, 0.6) is 5.75 Å². The predicted molar refractivity (Wildman–Crippen MR) is 160 cm³/mol. The number of nitrogens with zero attached hydrogens (tertiary/aromatic N) is 2.